The molecule has 0 aromatic rings. The molecule has 0 spiro atoms. The molecule has 0 aliphatic carbocycles. The number of unbranched alkanes of at least 4 members (excludes halogenated alkanes) is 27. The minimum absolute atomic E-state index is 0.101. The summed E-state index contributed by atoms with van der Waals surface area (Å²) >= 11 is 0. The fourth-order valence-electron chi connectivity index (χ4n) is 9.43. The third-order valence-corrected chi connectivity index (χ3v) is 16.5. The van der Waals surface area contributed by atoms with Gasteiger partial charge in [0.15, 0.2) is 12.2 Å². The van der Waals surface area contributed by atoms with E-state index in [0.29, 0.717) is 37.5 Å². The first-order valence-corrected chi connectivity index (χ1v) is 36.2. The van der Waals surface area contributed by atoms with E-state index in [1.54, 1.807) is 0 Å². The van der Waals surface area contributed by atoms with Crippen molar-refractivity contribution in [3.63, 3.8) is 0 Å². The van der Waals surface area contributed by atoms with Crippen molar-refractivity contribution >= 4 is 39.5 Å². The van der Waals surface area contributed by atoms with Crippen LogP contribution in [0.2, 0.25) is 0 Å². The third-order valence-electron chi connectivity index (χ3n) is 14.6. The number of ether oxygens (including phenoxy) is 4. The molecule has 0 aromatic carbocycles. The van der Waals surface area contributed by atoms with Gasteiger partial charge in [0.2, 0.25) is 0 Å². The highest BCUT2D eigenvalue weighted by molar-refractivity contribution is 7.47. The lowest BCUT2D eigenvalue weighted by Crippen LogP contribution is -2.30. The third kappa shape index (κ3) is 58.8. The van der Waals surface area contributed by atoms with Crippen molar-refractivity contribution in [2.24, 2.45) is 23.7 Å². The molecule has 0 saturated heterocycles. The van der Waals surface area contributed by atoms with Gasteiger partial charge in [0.1, 0.15) is 19.3 Å². The predicted octanol–water partition coefficient (Wildman–Crippen LogP) is 17.4. The van der Waals surface area contributed by atoms with E-state index in [1.165, 1.54) is 103 Å². The zero-order valence-corrected chi connectivity index (χ0v) is 55.6. The molecule has 83 heavy (non-hydrogen) atoms. The van der Waals surface area contributed by atoms with Crippen LogP contribution in [0.4, 0.5) is 0 Å². The Balaban J connectivity index is 5.23. The molecule has 5 atom stereocenters. The zero-order valence-electron chi connectivity index (χ0n) is 53.8. The molecule has 0 fully saturated rings. The summed E-state index contributed by atoms with van der Waals surface area (Å²) in [5.41, 5.74) is 0. The maximum absolute atomic E-state index is 13.0. The van der Waals surface area contributed by atoms with Crippen molar-refractivity contribution < 1.29 is 80.2 Å². The Morgan fingerprint density at radius 2 is 0.506 bits per heavy atom. The van der Waals surface area contributed by atoms with Crippen molar-refractivity contribution in [1.29, 1.82) is 0 Å². The molecule has 492 valence electrons. The number of carbonyl (C=O) groups is 4. The van der Waals surface area contributed by atoms with Crippen LogP contribution in [0, 0.1) is 23.7 Å². The molecular weight excluding hydrogens is 1100 g/mol. The highest BCUT2D eigenvalue weighted by atomic mass is 31.2. The quantitative estimate of drug-likeness (QED) is 0.0222. The Kier molecular flexibility index (Phi) is 53.0. The molecular formula is C64H124O17P2. The van der Waals surface area contributed by atoms with Gasteiger partial charge in [0.05, 0.1) is 26.4 Å². The lowest BCUT2D eigenvalue weighted by Gasteiger charge is -2.21. The van der Waals surface area contributed by atoms with Crippen LogP contribution in [-0.2, 0) is 65.4 Å². The Morgan fingerprint density at radius 3 is 0.747 bits per heavy atom. The maximum atomic E-state index is 13.0. The smallest absolute Gasteiger partial charge is 0.462 e. The van der Waals surface area contributed by atoms with Gasteiger partial charge in [-0.25, -0.2) is 9.13 Å². The highest BCUT2D eigenvalue weighted by Crippen LogP contribution is 2.45. The number of esters is 4. The number of carbonyl (C=O) groups excluding carboxylic acids is 4. The molecule has 17 nitrogen and oxygen atoms in total. The standard InChI is InChI=1S/C64H124O17P2/c1-54(2)40-32-24-16-12-9-10-14-18-28-36-44-61(66)74-50-60(81-64(69)47-39-31-23-21-27-35-43-57(7)8)53-79-83(72,73)77-49-58(65)48-76-82(70,71)78-52-59(51-75-62(67)45-37-29-22-20-26-34-42-56(5)6)80-63(68)46-38-30-19-15-11-13-17-25-33-41-55(3)4/h54-60,65H,9-53H2,1-8H3,(H,70,71)(H,72,73)/t58-,59+,60+/m0/s1. The van der Waals surface area contributed by atoms with Crippen LogP contribution >= 0.6 is 15.6 Å². The lowest BCUT2D eigenvalue weighted by molar-refractivity contribution is -0.161. The number of rotatable bonds is 61. The Labute approximate surface area is 505 Å². The summed E-state index contributed by atoms with van der Waals surface area (Å²) in [6.45, 7) is 13.9. The van der Waals surface area contributed by atoms with Gasteiger partial charge in [-0.1, -0.05) is 254 Å². The SMILES string of the molecule is CC(C)CCCCCCCCCCCCC(=O)OC[C@H](COP(=O)(O)OC[C@@H](O)COP(=O)(O)OC[C@@H](COC(=O)CCCCCCCCC(C)C)OC(=O)CCCCCCCCCCCC(C)C)OC(=O)CCCCCCCCC(C)C. The van der Waals surface area contributed by atoms with Crippen LogP contribution in [0.5, 0.6) is 0 Å². The van der Waals surface area contributed by atoms with Gasteiger partial charge in [0.25, 0.3) is 0 Å². The molecule has 0 aliphatic rings. The molecule has 0 heterocycles. The van der Waals surface area contributed by atoms with E-state index in [-0.39, 0.29) is 25.7 Å². The van der Waals surface area contributed by atoms with Crippen LogP contribution in [-0.4, -0.2) is 96.7 Å². The van der Waals surface area contributed by atoms with Gasteiger partial charge in [-0.05, 0) is 49.4 Å². The molecule has 0 saturated carbocycles. The van der Waals surface area contributed by atoms with Gasteiger partial charge < -0.3 is 33.8 Å². The summed E-state index contributed by atoms with van der Waals surface area (Å²) in [6.07, 6.45) is 33.8. The monoisotopic (exact) mass is 1230 g/mol. The minimum Gasteiger partial charge on any atom is -0.462 e. The molecule has 2 unspecified atom stereocenters. The number of hydrogen-bond donors (Lipinski definition) is 3. The van der Waals surface area contributed by atoms with Gasteiger partial charge >= 0.3 is 39.5 Å². The van der Waals surface area contributed by atoms with Crippen LogP contribution in [0.25, 0.3) is 0 Å². The summed E-state index contributed by atoms with van der Waals surface area (Å²) in [4.78, 5) is 72.2. The lowest BCUT2D eigenvalue weighted by atomic mass is 10.0. The van der Waals surface area contributed by atoms with E-state index in [2.05, 4.69) is 55.4 Å². The second kappa shape index (κ2) is 54.2. The first kappa shape index (κ1) is 81.1. The van der Waals surface area contributed by atoms with Crippen molar-refractivity contribution in [2.75, 3.05) is 39.6 Å². The molecule has 0 radical (unpaired) electrons. The topological polar surface area (TPSA) is 237 Å². The fraction of sp³-hybridized carbons (Fsp3) is 0.938. The van der Waals surface area contributed by atoms with Gasteiger partial charge in [-0.2, -0.15) is 0 Å². The maximum Gasteiger partial charge on any atom is 0.472 e. The van der Waals surface area contributed by atoms with E-state index in [9.17, 15) is 43.2 Å². The van der Waals surface area contributed by atoms with Crippen LogP contribution in [0.15, 0.2) is 0 Å². The summed E-state index contributed by atoms with van der Waals surface area (Å²) in [7, 11) is -9.89. The van der Waals surface area contributed by atoms with Crippen LogP contribution < -0.4 is 0 Å². The molecule has 19 heteroatoms. The number of aliphatic hydroxyl groups excluding tert-OH is 1. The Hall–Kier alpha value is -1.94. The summed E-state index contributed by atoms with van der Waals surface area (Å²) in [5, 5.41) is 10.5. The summed E-state index contributed by atoms with van der Waals surface area (Å²) in [6, 6.07) is 0. The van der Waals surface area contributed by atoms with E-state index in [0.717, 1.165) is 108 Å². The molecule has 0 rings (SSSR count). The number of phosphoric acid groups is 2. The van der Waals surface area contributed by atoms with Crippen molar-refractivity contribution in [2.45, 2.75) is 324 Å². The van der Waals surface area contributed by atoms with E-state index in [1.807, 2.05) is 0 Å². The Bertz CT molecular complexity index is 1660. The second-order valence-corrected chi connectivity index (χ2v) is 28.0. The number of hydrogen-bond acceptors (Lipinski definition) is 15. The van der Waals surface area contributed by atoms with Crippen molar-refractivity contribution in [3.05, 3.63) is 0 Å². The average molecular weight is 1230 g/mol. The largest absolute Gasteiger partial charge is 0.472 e. The molecule has 0 bridgehead atoms. The number of phosphoric ester groups is 2. The minimum atomic E-state index is -4.94. The average Bonchev–Trinajstić information content (AvgIpc) is 3.43. The molecule has 3 N–H and O–H groups in total. The normalized spacial score (nSPS) is 14.4. The predicted molar refractivity (Wildman–Crippen MR) is 331 cm³/mol. The van der Waals surface area contributed by atoms with Gasteiger partial charge in [-0.3, -0.25) is 37.3 Å². The Morgan fingerprint density at radius 1 is 0.301 bits per heavy atom. The molecule has 0 aromatic heterocycles. The van der Waals surface area contributed by atoms with Crippen molar-refractivity contribution in [3.8, 4) is 0 Å². The number of aliphatic hydroxyl groups is 1. The first-order chi connectivity index (χ1) is 39.6. The van der Waals surface area contributed by atoms with Gasteiger partial charge in [0, 0.05) is 25.7 Å². The summed E-state index contributed by atoms with van der Waals surface area (Å²) in [5.74, 6) is 0.700. The van der Waals surface area contributed by atoms with E-state index in [4.69, 9.17) is 37.0 Å². The van der Waals surface area contributed by atoms with Crippen LogP contribution in [0.3, 0.4) is 0 Å². The second-order valence-electron chi connectivity index (χ2n) is 25.1. The molecule has 0 aliphatic heterocycles. The van der Waals surface area contributed by atoms with Crippen LogP contribution in [0.1, 0.15) is 306 Å². The molecule has 0 amide bonds. The van der Waals surface area contributed by atoms with Gasteiger partial charge in [-0.15, -0.1) is 0 Å². The first-order valence-electron chi connectivity index (χ1n) is 33.2. The summed E-state index contributed by atoms with van der Waals surface area (Å²) < 4.78 is 67.9. The fourth-order valence-corrected chi connectivity index (χ4v) is 11.0. The highest BCUT2D eigenvalue weighted by Gasteiger charge is 2.30. The van der Waals surface area contributed by atoms with Crippen molar-refractivity contribution in [1.82, 2.24) is 0 Å². The zero-order chi connectivity index (χ0) is 61.8. The van der Waals surface area contributed by atoms with E-state index < -0.39 is 97.5 Å². The van der Waals surface area contributed by atoms with E-state index >= 15 is 0 Å².